The summed E-state index contributed by atoms with van der Waals surface area (Å²) in [5.74, 6) is -3.77. The van der Waals surface area contributed by atoms with Crippen LogP contribution in [0.2, 0.25) is 5.02 Å². The van der Waals surface area contributed by atoms with Gasteiger partial charge in [0.05, 0.1) is 12.2 Å². The van der Waals surface area contributed by atoms with Crippen molar-refractivity contribution in [3.63, 3.8) is 0 Å². The number of nitrogens with one attached hydrogen (secondary N) is 1. The number of Topliss-reactive ketones (excluding diaryl/α,β-unsaturated/α-hetero) is 1. The summed E-state index contributed by atoms with van der Waals surface area (Å²) >= 11 is 6.24. The van der Waals surface area contributed by atoms with Gasteiger partial charge in [-0.1, -0.05) is 48.0 Å². The number of anilines is 1. The van der Waals surface area contributed by atoms with Gasteiger partial charge in [0.2, 0.25) is 17.6 Å². The molecule has 8 nitrogen and oxygen atoms in total. The number of carbonyl (C=O) groups is 3. The van der Waals surface area contributed by atoms with Crippen molar-refractivity contribution in [2.24, 2.45) is 0 Å². The Morgan fingerprint density at radius 1 is 0.979 bits per heavy atom. The number of likely N-dealkylation sites (tertiary alicyclic amines) is 1. The topological polar surface area (TPSA) is 97.2 Å². The third kappa shape index (κ3) is 6.37. The zero-order chi connectivity index (χ0) is 34.3. The van der Waals surface area contributed by atoms with Crippen LogP contribution >= 0.6 is 11.6 Å². The Morgan fingerprint density at radius 3 is 2.38 bits per heavy atom. The molecule has 2 atom stereocenters. The molecule has 246 valence electrons. The number of fused-ring (bicyclic) bond motifs is 1. The molecule has 6 rings (SSSR count). The number of hydrogen-bond donors (Lipinski definition) is 1. The van der Waals surface area contributed by atoms with Crippen molar-refractivity contribution >= 4 is 45.8 Å². The second-order valence-electron chi connectivity index (χ2n) is 11.3. The summed E-state index contributed by atoms with van der Waals surface area (Å²) in [5, 5.41) is 3.22. The number of carbonyl (C=O) groups excluding carboxylic acids is 3. The number of ketones is 1. The number of amides is 2. The normalized spacial score (nSPS) is 16.4. The Kier molecular flexibility index (Phi) is 8.73. The molecule has 0 unspecified atom stereocenters. The van der Waals surface area contributed by atoms with E-state index in [0.717, 1.165) is 17.3 Å². The van der Waals surface area contributed by atoms with Crippen molar-refractivity contribution in [2.45, 2.75) is 38.3 Å². The summed E-state index contributed by atoms with van der Waals surface area (Å²) in [6, 6.07) is 14.5. The summed E-state index contributed by atoms with van der Waals surface area (Å²) < 4.78 is 70.5. The Labute approximate surface area is 275 Å². The van der Waals surface area contributed by atoms with Crippen molar-refractivity contribution < 1.29 is 36.3 Å². The fourth-order valence-corrected chi connectivity index (χ4v) is 6.03. The fraction of sp³-hybridized carbons (Fsp3) is 0.206. The maximum atomic E-state index is 15.5. The first kappa shape index (κ1) is 32.8. The van der Waals surface area contributed by atoms with Crippen molar-refractivity contribution in [1.82, 2.24) is 19.4 Å². The summed E-state index contributed by atoms with van der Waals surface area (Å²) in [5.41, 5.74) is 1.79. The maximum absolute atomic E-state index is 15.5. The van der Waals surface area contributed by atoms with Gasteiger partial charge in [-0.2, -0.15) is 13.2 Å². The third-order valence-electron chi connectivity index (χ3n) is 8.10. The van der Waals surface area contributed by atoms with E-state index in [1.54, 1.807) is 42.5 Å². The molecule has 0 aliphatic carbocycles. The van der Waals surface area contributed by atoms with Gasteiger partial charge >= 0.3 is 6.18 Å². The quantitative estimate of drug-likeness (QED) is 0.143. The second-order valence-corrected chi connectivity index (χ2v) is 11.7. The van der Waals surface area contributed by atoms with Crippen molar-refractivity contribution in [1.29, 1.82) is 0 Å². The summed E-state index contributed by atoms with van der Waals surface area (Å²) in [7, 11) is 0. The number of benzene rings is 3. The lowest BCUT2D eigenvalue weighted by molar-refractivity contribution is -0.145. The van der Waals surface area contributed by atoms with E-state index in [2.05, 4.69) is 15.3 Å². The molecule has 1 aliphatic heterocycles. The zero-order valence-electron chi connectivity index (χ0n) is 25.1. The highest BCUT2D eigenvalue weighted by atomic mass is 35.5. The minimum absolute atomic E-state index is 0.149. The Balaban J connectivity index is 1.24. The lowest BCUT2D eigenvalue weighted by Gasteiger charge is -2.24. The lowest BCUT2D eigenvalue weighted by atomic mass is 10.0. The molecule has 3 aromatic carbocycles. The van der Waals surface area contributed by atoms with Gasteiger partial charge < -0.3 is 14.8 Å². The molecule has 0 radical (unpaired) electrons. The third-order valence-corrected chi connectivity index (χ3v) is 8.43. The number of aromatic nitrogens is 3. The molecule has 1 saturated heterocycles. The highest BCUT2D eigenvalue weighted by Gasteiger charge is 2.40. The second kappa shape index (κ2) is 12.8. The summed E-state index contributed by atoms with van der Waals surface area (Å²) in [4.78, 5) is 47.3. The van der Waals surface area contributed by atoms with Gasteiger partial charge in [0.1, 0.15) is 18.8 Å². The summed E-state index contributed by atoms with van der Waals surface area (Å²) in [6.45, 7) is 0.596. The van der Waals surface area contributed by atoms with Gasteiger partial charge in [0.15, 0.2) is 11.6 Å². The average Bonchev–Trinajstić information content (AvgIpc) is 3.62. The van der Waals surface area contributed by atoms with Gasteiger partial charge in [0, 0.05) is 63.2 Å². The fourth-order valence-electron chi connectivity index (χ4n) is 5.79. The molecule has 1 aliphatic rings. The van der Waals surface area contributed by atoms with Gasteiger partial charge in [0.25, 0.3) is 0 Å². The predicted molar refractivity (Wildman–Crippen MR) is 168 cm³/mol. The standard InChI is InChI=1S/C34H25ClF5N5O3/c1-18(46)25-16-44(28-10-9-19(11-24(25)28)20-13-41-33(42-14-20)34(38,39)40)17-30(47)45-15-21(36)12-29(45)32(48)43-27-8-4-6-23(31(27)37)22-5-2-3-7-26(22)35/h2-11,13-14,16,21,29H,12,15,17H2,1H3,(H,43,48)/t21-,29+/m1/s1. The van der Waals surface area contributed by atoms with Crippen LogP contribution in [0.25, 0.3) is 33.2 Å². The molecular formula is C34H25ClF5N5O3. The van der Waals surface area contributed by atoms with E-state index >= 15 is 4.39 Å². The molecule has 0 saturated carbocycles. The molecule has 2 aromatic heterocycles. The Hall–Kier alpha value is -5.17. The van der Waals surface area contributed by atoms with Crippen LogP contribution < -0.4 is 5.32 Å². The first-order valence-electron chi connectivity index (χ1n) is 14.6. The van der Waals surface area contributed by atoms with E-state index < -0.39 is 41.8 Å². The predicted octanol–water partition coefficient (Wildman–Crippen LogP) is 7.36. The van der Waals surface area contributed by atoms with Gasteiger partial charge in [-0.05, 0) is 36.8 Å². The molecule has 14 heteroatoms. The molecule has 5 aromatic rings. The van der Waals surface area contributed by atoms with Gasteiger partial charge in [-0.15, -0.1) is 0 Å². The molecule has 3 heterocycles. The van der Waals surface area contributed by atoms with E-state index in [0.29, 0.717) is 27.1 Å². The van der Waals surface area contributed by atoms with Crippen molar-refractivity contribution in [3.05, 3.63) is 101 Å². The Morgan fingerprint density at radius 2 is 1.69 bits per heavy atom. The average molecular weight is 682 g/mol. The minimum Gasteiger partial charge on any atom is -0.337 e. The molecular weight excluding hydrogens is 657 g/mol. The molecule has 1 fully saturated rings. The number of alkyl halides is 4. The highest BCUT2D eigenvalue weighted by Crippen LogP contribution is 2.34. The van der Waals surface area contributed by atoms with Crippen LogP contribution in [-0.2, 0) is 22.3 Å². The highest BCUT2D eigenvalue weighted by molar-refractivity contribution is 6.33. The first-order chi connectivity index (χ1) is 22.8. The van der Waals surface area contributed by atoms with Crippen molar-refractivity contribution in [3.8, 4) is 22.3 Å². The van der Waals surface area contributed by atoms with Crippen molar-refractivity contribution in [2.75, 3.05) is 11.9 Å². The number of rotatable bonds is 7. The Bertz CT molecular complexity index is 2070. The lowest BCUT2D eigenvalue weighted by Crippen LogP contribution is -2.44. The molecule has 0 spiro atoms. The van der Waals surface area contributed by atoms with E-state index in [9.17, 15) is 31.9 Å². The molecule has 48 heavy (non-hydrogen) atoms. The SMILES string of the molecule is CC(=O)c1cn(CC(=O)N2C[C@H](F)C[C@H]2C(=O)Nc2cccc(-c3ccccc3Cl)c2F)c2ccc(-c3cnc(C(F)(F)F)nc3)cc12. The van der Waals surface area contributed by atoms with Crippen LogP contribution in [0.3, 0.4) is 0 Å². The largest absolute Gasteiger partial charge is 0.451 e. The van der Waals surface area contributed by atoms with E-state index in [4.69, 9.17) is 11.6 Å². The molecule has 0 bridgehead atoms. The van der Waals surface area contributed by atoms with E-state index in [1.807, 2.05) is 0 Å². The number of halogens is 6. The zero-order valence-corrected chi connectivity index (χ0v) is 25.8. The minimum atomic E-state index is -4.70. The van der Waals surface area contributed by atoms with Crippen LogP contribution in [0.1, 0.15) is 29.5 Å². The first-order valence-corrected chi connectivity index (χ1v) is 15.0. The molecule has 2 amide bonds. The molecule has 1 N–H and O–H groups in total. The number of hydrogen-bond acceptors (Lipinski definition) is 5. The van der Waals surface area contributed by atoms with Crippen LogP contribution in [0.15, 0.2) is 79.3 Å². The van der Waals surface area contributed by atoms with Crippen LogP contribution in [0.4, 0.5) is 27.6 Å². The summed E-state index contributed by atoms with van der Waals surface area (Å²) in [6.07, 6.45) is -3.01. The van der Waals surface area contributed by atoms with Crippen LogP contribution in [-0.4, -0.2) is 55.8 Å². The van der Waals surface area contributed by atoms with Crippen LogP contribution in [0.5, 0.6) is 0 Å². The van der Waals surface area contributed by atoms with Gasteiger partial charge in [-0.25, -0.2) is 18.7 Å². The maximum Gasteiger partial charge on any atom is 0.451 e. The van der Waals surface area contributed by atoms with Crippen LogP contribution in [0, 0.1) is 5.82 Å². The van der Waals surface area contributed by atoms with Gasteiger partial charge in [-0.3, -0.25) is 14.4 Å². The smallest absolute Gasteiger partial charge is 0.337 e. The number of nitrogens with zero attached hydrogens (tertiary/aromatic N) is 4. The van der Waals surface area contributed by atoms with E-state index in [-0.39, 0.29) is 47.7 Å². The monoisotopic (exact) mass is 681 g/mol. The van der Waals surface area contributed by atoms with E-state index in [1.165, 1.54) is 35.9 Å².